The second kappa shape index (κ2) is 10.9. The number of hydrogen-bond donors (Lipinski definition) is 2. The maximum atomic E-state index is 13.5. The van der Waals surface area contributed by atoms with E-state index in [0.717, 1.165) is 26.7 Å². The highest BCUT2D eigenvalue weighted by Crippen LogP contribution is 2.44. The topological polar surface area (TPSA) is 101 Å². The summed E-state index contributed by atoms with van der Waals surface area (Å²) in [5, 5.41) is 12.3. The number of H-pyrrole nitrogens is 1. The molecule has 1 aliphatic rings. The minimum Gasteiger partial charge on any atom is -0.507 e. The predicted octanol–water partition coefficient (Wildman–Crippen LogP) is 5.62. The van der Waals surface area contributed by atoms with E-state index in [1.165, 1.54) is 12.0 Å². The van der Waals surface area contributed by atoms with Gasteiger partial charge in [-0.1, -0.05) is 28.1 Å². The summed E-state index contributed by atoms with van der Waals surface area (Å²) in [4.78, 5) is 31.7. The van der Waals surface area contributed by atoms with Crippen molar-refractivity contribution in [2.45, 2.75) is 12.5 Å². The maximum Gasteiger partial charge on any atom is 0.295 e. The number of likely N-dealkylation sites (tertiary alicyclic amines) is 1. The number of aromatic amines is 1. The van der Waals surface area contributed by atoms with Gasteiger partial charge in [0.1, 0.15) is 23.0 Å². The minimum atomic E-state index is -0.866. The van der Waals surface area contributed by atoms with E-state index in [9.17, 15) is 14.7 Å². The molecule has 2 heterocycles. The third-order valence-electron chi connectivity index (χ3n) is 6.99. The number of aromatic nitrogens is 1. The van der Waals surface area contributed by atoms with Crippen LogP contribution in [0.15, 0.2) is 76.9 Å². The number of carbonyl (C=O) groups excluding carboxylic acids is 2. The second-order valence-corrected chi connectivity index (χ2v) is 10.00. The van der Waals surface area contributed by atoms with Crippen LogP contribution in [0.5, 0.6) is 17.2 Å². The number of fused-ring (bicyclic) bond motifs is 1. The third-order valence-corrected chi connectivity index (χ3v) is 7.52. The largest absolute Gasteiger partial charge is 0.507 e. The predicted molar refractivity (Wildman–Crippen MR) is 151 cm³/mol. The fraction of sp³-hybridized carbons (Fsp3) is 0.200. The first-order chi connectivity index (χ1) is 18.9. The zero-order valence-corrected chi connectivity index (χ0v) is 23.2. The first-order valence-corrected chi connectivity index (χ1v) is 13.1. The highest BCUT2D eigenvalue weighted by Gasteiger charge is 2.47. The summed E-state index contributed by atoms with van der Waals surface area (Å²) in [5.74, 6) is 0.0372. The van der Waals surface area contributed by atoms with E-state index < -0.39 is 17.7 Å². The zero-order chi connectivity index (χ0) is 27.7. The fourth-order valence-electron chi connectivity index (χ4n) is 4.97. The van der Waals surface area contributed by atoms with Crippen molar-refractivity contribution < 1.29 is 28.9 Å². The summed E-state index contributed by atoms with van der Waals surface area (Å²) >= 11 is 3.39. The van der Waals surface area contributed by atoms with Crippen LogP contribution in [0.2, 0.25) is 0 Å². The lowest BCUT2D eigenvalue weighted by molar-refractivity contribution is -0.139. The van der Waals surface area contributed by atoms with E-state index in [2.05, 4.69) is 20.9 Å². The van der Waals surface area contributed by atoms with Crippen molar-refractivity contribution in [2.24, 2.45) is 0 Å². The molecule has 0 saturated carbocycles. The Balaban J connectivity index is 1.60. The summed E-state index contributed by atoms with van der Waals surface area (Å²) in [6, 6.07) is 17.0. The van der Waals surface area contributed by atoms with Gasteiger partial charge in [0.2, 0.25) is 0 Å². The first-order valence-electron chi connectivity index (χ1n) is 12.3. The van der Waals surface area contributed by atoms with Crippen molar-refractivity contribution in [1.29, 1.82) is 0 Å². The molecular formula is C30H27BrN2O6. The number of rotatable bonds is 8. The molecule has 39 heavy (non-hydrogen) atoms. The Morgan fingerprint density at radius 2 is 1.64 bits per heavy atom. The molecule has 1 atom stereocenters. The van der Waals surface area contributed by atoms with Crippen molar-refractivity contribution in [3.63, 3.8) is 0 Å². The van der Waals surface area contributed by atoms with Gasteiger partial charge in [-0.2, -0.15) is 0 Å². The zero-order valence-electron chi connectivity index (χ0n) is 21.7. The Bertz CT molecular complexity index is 1590. The second-order valence-electron chi connectivity index (χ2n) is 9.08. The number of nitrogens with zero attached hydrogens (tertiary/aromatic N) is 1. The van der Waals surface area contributed by atoms with Gasteiger partial charge in [-0.25, -0.2) is 0 Å². The molecule has 1 fully saturated rings. The number of halogens is 1. The van der Waals surface area contributed by atoms with Crippen molar-refractivity contribution >= 4 is 44.3 Å². The number of carbonyl (C=O) groups is 2. The van der Waals surface area contributed by atoms with Crippen molar-refractivity contribution in [2.75, 3.05) is 27.9 Å². The van der Waals surface area contributed by atoms with Crippen LogP contribution in [0.25, 0.3) is 16.7 Å². The van der Waals surface area contributed by atoms with E-state index >= 15 is 0 Å². The molecule has 9 heteroatoms. The molecule has 2 N–H and O–H groups in total. The Hall–Kier alpha value is -4.24. The van der Waals surface area contributed by atoms with E-state index in [1.54, 1.807) is 56.7 Å². The van der Waals surface area contributed by atoms with Crippen LogP contribution in [-0.4, -0.2) is 54.6 Å². The number of nitrogens with one attached hydrogen (secondary N) is 1. The van der Waals surface area contributed by atoms with Crippen LogP contribution in [0.3, 0.4) is 0 Å². The Morgan fingerprint density at radius 3 is 2.33 bits per heavy atom. The van der Waals surface area contributed by atoms with Crippen LogP contribution < -0.4 is 14.2 Å². The number of aliphatic hydroxyl groups is 1. The standard InChI is InChI=1S/C30H27BrN2O6/c1-37-20-9-11-24-23(14-20)18(16-32-24)12-13-33-27(22-10-8-21(38-2)15-25(22)39-3)26(29(35)30(33)36)28(34)17-4-6-19(31)7-5-17/h4-11,14-16,27,32,34H,12-13H2,1-3H3/t27-/m0/s1. The molecule has 1 aliphatic heterocycles. The summed E-state index contributed by atoms with van der Waals surface area (Å²) < 4.78 is 17.2. The average molecular weight is 591 g/mol. The van der Waals surface area contributed by atoms with Crippen LogP contribution in [0.1, 0.15) is 22.7 Å². The molecule has 0 radical (unpaired) electrons. The first kappa shape index (κ1) is 26.4. The third kappa shape index (κ3) is 4.85. The van der Waals surface area contributed by atoms with E-state index in [1.807, 2.05) is 24.4 Å². The number of Topliss-reactive ketones (excluding diaryl/α,β-unsaturated/α-hetero) is 1. The van der Waals surface area contributed by atoms with Crippen LogP contribution in [0, 0.1) is 0 Å². The maximum absolute atomic E-state index is 13.5. The highest BCUT2D eigenvalue weighted by atomic mass is 79.9. The Labute approximate surface area is 233 Å². The molecular weight excluding hydrogens is 564 g/mol. The number of ketones is 1. The number of benzene rings is 3. The molecule has 8 nitrogen and oxygen atoms in total. The Kier molecular flexibility index (Phi) is 7.34. The van der Waals surface area contributed by atoms with Gasteiger partial charge >= 0.3 is 0 Å². The van der Waals surface area contributed by atoms with Crippen molar-refractivity contribution in [1.82, 2.24) is 9.88 Å². The molecule has 1 saturated heterocycles. The highest BCUT2D eigenvalue weighted by molar-refractivity contribution is 9.10. The van der Waals surface area contributed by atoms with Gasteiger partial charge in [-0.15, -0.1) is 0 Å². The number of ether oxygens (including phenoxy) is 3. The fourth-order valence-corrected chi connectivity index (χ4v) is 5.24. The number of methoxy groups -OCH3 is 3. The molecule has 200 valence electrons. The van der Waals surface area contributed by atoms with Gasteiger partial charge in [0.05, 0.1) is 32.9 Å². The smallest absolute Gasteiger partial charge is 0.295 e. The minimum absolute atomic E-state index is 0.00591. The SMILES string of the molecule is COc1ccc([C@H]2C(=C(O)c3ccc(Br)cc3)C(=O)C(=O)N2CCc2c[nH]c3ccc(OC)cc23)c(OC)c1. The van der Waals surface area contributed by atoms with Crippen LogP contribution in [-0.2, 0) is 16.0 Å². The molecule has 1 aromatic heterocycles. The lowest BCUT2D eigenvalue weighted by Crippen LogP contribution is -2.31. The lowest BCUT2D eigenvalue weighted by atomic mass is 9.94. The molecule has 0 bridgehead atoms. The molecule has 4 aromatic rings. The summed E-state index contributed by atoms with van der Waals surface area (Å²) in [6.07, 6.45) is 2.36. The van der Waals surface area contributed by atoms with Crippen LogP contribution in [0.4, 0.5) is 0 Å². The van der Waals surface area contributed by atoms with Gasteiger partial charge in [0, 0.05) is 45.3 Å². The normalized spacial score (nSPS) is 16.6. The molecule has 0 aliphatic carbocycles. The molecule has 0 unspecified atom stereocenters. The van der Waals surface area contributed by atoms with Gasteiger partial charge in [0.25, 0.3) is 11.7 Å². The number of amides is 1. The molecule has 0 spiro atoms. The summed E-state index contributed by atoms with van der Waals surface area (Å²) in [5.41, 5.74) is 2.91. The van der Waals surface area contributed by atoms with Gasteiger partial charge < -0.3 is 29.2 Å². The van der Waals surface area contributed by atoms with Crippen molar-refractivity contribution in [3.8, 4) is 17.2 Å². The summed E-state index contributed by atoms with van der Waals surface area (Å²) in [7, 11) is 4.67. The molecule has 3 aromatic carbocycles. The van der Waals surface area contributed by atoms with Gasteiger partial charge in [0.15, 0.2) is 0 Å². The molecule has 1 amide bonds. The average Bonchev–Trinajstić information content (AvgIpc) is 3.48. The Morgan fingerprint density at radius 1 is 0.949 bits per heavy atom. The van der Waals surface area contributed by atoms with E-state index in [0.29, 0.717) is 29.0 Å². The lowest BCUT2D eigenvalue weighted by Gasteiger charge is -2.27. The van der Waals surface area contributed by atoms with E-state index in [-0.39, 0.29) is 17.9 Å². The molecule has 5 rings (SSSR count). The monoisotopic (exact) mass is 590 g/mol. The van der Waals surface area contributed by atoms with Crippen LogP contribution >= 0.6 is 15.9 Å². The number of hydrogen-bond acceptors (Lipinski definition) is 6. The van der Waals surface area contributed by atoms with E-state index in [4.69, 9.17) is 14.2 Å². The van der Waals surface area contributed by atoms with Gasteiger partial charge in [-0.05, 0) is 54.4 Å². The van der Waals surface area contributed by atoms with Gasteiger partial charge in [-0.3, -0.25) is 9.59 Å². The van der Waals surface area contributed by atoms with Crippen molar-refractivity contribution in [3.05, 3.63) is 93.6 Å². The summed E-state index contributed by atoms with van der Waals surface area (Å²) in [6.45, 7) is 0.228. The quantitative estimate of drug-likeness (QED) is 0.157. The number of aliphatic hydroxyl groups excluding tert-OH is 1.